The topological polar surface area (TPSA) is 93.7 Å². The maximum atomic E-state index is 7.17. The van der Waals surface area contributed by atoms with Crippen LogP contribution in [-0.4, -0.2) is 15.4 Å². The number of imidazole rings is 1. The Morgan fingerprint density at radius 2 is 2.19 bits per heavy atom. The summed E-state index contributed by atoms with van der Waals surface area (Å²) in [5.74, 6) is 0.167. The Morgan fingerprint density at radius 1 is 1.44 bits per heavy atom. The average Bonchev–Trinajstić information content (AvgIpc) is 2.69. The van der Waals surface area contributed by atoms with Crippen LogP contribution in [0.4, 0.5) is 0 Å². The zero-order valence-electron chi connectivity index (χ0n) is 8.93. The van der Waals surface area contributed by atoms with Gasteiger partial charge in [-0.05, 0) is 18.6 Å². The largest absolute Gasteiger partial charge is 0.388 e. The Balaban J connectivity index is 2.22. The normalized spacial score (nSPS) is 12.8. The van der Waals surface area contributed by atoms with Crippen LogP contribution in [0.25, 0.3) is 11.0 Å². The molecule has 0 bridgehead atoms. The van der Waals surface area contributed by atoms with E-state index in [0.29, 0.717) is 12.8 Å². The summed E-state index contributed by atoms with van der Waals surface area (Å²) in [5, 5.41) is 7.17. The van der Waals surface area contributed by atoms with E-state index in [1.54, 1.807) is 6.33 Å². The molecule has 1 atom stereocenters. The number of hydrogen-bond donors (Lipinski definition) is 3. The summed E-state index contributed by atoms with van der Waals surface area (Å²) in [6.45, 7) is 0. The van der Waals surface area contributed by atoms with E-state index in [4.69, 9.17) is 16.9 Å². The van der Waals surface area contributed by atoms with Crippen molar-refractivity contribution in [2.45, 2.75) is 19.0 Å². The van der Waals surface area contributed by atoms with Crippen LogP contribution < -0.4 is 11.5 Å². The highest BCUT2D eigenvalue weighted by Crippen LogP contribution is 2.17. The third-order valence-electron chi connectivity index (χ3n) is 2.55. The summed E-state index contributed by atoms with van der Waals surface area (Å²) in [5.41, 5.74) is 13.3. The van der Waals surface area contributed by atoms with E-state index < -0.39 is 0 Å². The van der Waals surface area contributed by atoms with Crippen molar-refractivity contribution in [3.05, 3.63) is 30.6 Å². The molecule has 84 valence electrons. The van der Waals surface area contributed by atoms with E-state index in [0.717, 1.165) is 11.0 Å². The molecular formula is C11H15N5. The highest BCUT2D eigenvalue weighted by atomic mass is 15.1. The molecule has 5 nitrogen and oxygen atoms in total. The van der Waals surface area contributed by atoms with Gasteiger partial charge in [0.1, 0.15) is 0 Å². The first-order valence-electron chi connectivity index (χ1n) is 5.18. The second-order valence-corrected chi connectivity index (χ2v) is 3.77. The van der Waals surface area contributed by atoms with E-state index >= 15 is 0 Å². The second-order valence-electron chi connectivity index (χ2n) is 3.77. The number of hydrogen-bond acceptors (Lipinski definition) is 3. The lowest BCUT2D eigenvalue weighted by Gasteiger charge is -2.13. The molecule has 0 saturated carbocycles. The van der Waals surface area contributed by atoms with Crippen LogP contribution in [0.1, 0.15) is 19.0 Å². The van der Waals surface area contributed by atoms with Gasteiger partial charge in [0.05, 0.1) is 29.4 Å². The molecule has 0 saturated heterocycles. The Bertz CT molecular complexity index is 502. The monoisotopic (exact) mass is 217 g/mol. The maximum absolute atomic E-state index is 7.17. The highest BCUT2D eigenvalue weighted by Gasteiger charge is 2.09. The van der Waals surface area contributed by atoms with Crippen molar-refractivity contribution in [2.24, 2.45) is 11.5 Å². The van der Waals surface area contributed by atoms with E-state index in [-0.39, 0.29) is 12.0 Å². The van der Waals surface area contributed by atoms with Gasteiger partial charge in [0.25, 0.3) is 0 Å². The van der Waals surface area contributed by atoms with Gasteiger partial charge in [0.2, 0.25) is 0 Å². The van der Waals surface area contributed by atoms with Gasteiger partial charge in [-0.25, -0.2) is 4.98 Å². The molecule has 1 heterocycles. The molecule has 1 aromatic carbocycles. The first-order valence-corrected chi connectivity index (χ1v) is 5.18. The molecule has 0 amide bonds. The number of nitrogens with two attached hydrogens (primary N) is 2. The Hall–Kier alpha value is -1.88. The number of aromatic nitrogens is 2. The van der Waals surface area contributed by atoms with Crippen LogP contribution in [0, 0.1) is 5.41 Å². The summed E-state index contributed by atoms with van der Waals surface area (Å²) in [7, 11) is 0. The van der Waals surface area contributed by atoms with Crippen LogP contribution >= 0.6 is 0 Å². The van der Waals surface area contributed by atoms with Gasteiger partial charge < -0.3 is 16.0 Å². The quantitative estimate of drug-likeness (QED) is 0.530. The molecule has 0 radical (unpaired) electrons. The molecule has 0 aliphatic heterocycles. The minimum atomic E-state index is -0.184. The van der Waals surface area contributed by atoms with Crippen molar-refractivity contribution in [3.63, 3.8) is 0 Å². The fourth-order valence-corrected chi connectivity index (χ4v) is 1.69. The van der Waals surface area contributed by atoms with E-state index in [2.05, 4.69) is 4.98 Å². The van der Waals surface area contributed by atoms with Gasteiger partial charge in [-0.15, -0.1) is 0 Å². The van der Waals surface area contributed by atoms with E-state index in [1.807, 2.05) is 28.8 Å². The highest BCUT2D eigenvalue weighted by molar-refractivity contribution is 5.77. The van der Waals surface area contributed by atoms with Crippen LogP contribution in [-0.2, 0) is 0 Å². The number of rotatable bonds is 4. The third kappa shape index (κ3) is 2.04. The predicted octanol–water partition coefficient (Wildman–Crippen LogP) is 1.21. The van der Waals surface area contributed by atoms with Crippen molar-refractivity contribution >= 4 is 16.9 Å². The molecule has 5 N–H and O–H groups in total. The Kier molecular flexibility index (Phi) is 2.87. The SMILES string of the molecule is N=C(N)CCC(N)n1cnc2ccccc21. The number of amidine groups is 1. The smallest absolute Gasteiger partial charge is 0.0971 e. The molecule has 1 unspecified atom stereocenters. The maximum Gasteiger partial charge on any atom is 0.0971 e. The number of fused-ring (bicyclic) bond motifs is 1. The molecule has 0 spiro atoms. The van der Waals surface area contributed by atoms with Crippen LogP contribution in [0.15, 0.2) is 30.6 Å². The number of benzene rings is 1. The molecule has 0 aliphatic carbocycles. The molecule has 0 aliphatic rings. The summed E-state index contributed by atoms with van der Waals surface area (Å²) in [6.07, 6.45) is 2.70. The first-order chi connectivity index (χ1) is 7.68. The molecular weight excluding hydrogens is 202 g/mol. The summed E-state index contributed by atoms with van der Waals surface area (Å²) >= 11 is 0. The standard InChI is InChI=1S/C11H15N5/c12-10(13)5-6-11(14)16-7-15-8-3-1-2-4-9(8)16/h1-4,7,11H,5-6,14H2,(H3,12,13). The van der Waals surface area contributed by atoms with Gasteiger partial charge in [-0.1, -0.05) is 12.1 Å². The number of nitrogens with zero attached hydrogens (tertiary/aromatic N) is 2. The minimum Gasteiger partial charge on any atom is -0.388 e. The fraction of sp³-hybridized carbons (Fsp3) is 0.273. The van der Waals surface area contributed by atoms with Crippen LogP contribution in [0.5, 0.6) is 0 Å². The third-order valence-corrected chi connectivity index (χ3v) is 2.55. The van der Waals surface area contributed by atoms with Crippen molar-refractivity contribution in [1.82, 2.24) is 9.55 Å². The lowest BCUT2D eigenvalue weighted by Crippen LogP contribution is -2.20. The Morgan fingerprint density at radius 3 is 2.94 bits per heavy atom. The van der Waals surface area contributed by atoms with Gasteiger partial charge in [-0.3, -0.25) is 5.41 Å². The van der Waals surface area contributed by atoms with Gasteiger partial charge in [-0.2, -0.15) is 0 Å². The average molecular weight is 217 g/mol. The fourth-order valence-electron chi connectivity index (χ4n) is 1.69. The predicted molar refractivity (Wildman–Crippen MR) is 64.1 cm³/mol. The van der Waals surface area contributed by atoms with Crippen molar-refractivity contribution < 1.29 is 0 Å². The first kappa shape index (κ1) is 10.6. The van der Waals surface area contributed by atoms with Crippen molar-refractivity contribution in [1.29, 1.82) is 5.41 Å². The van der Waals surface area contributed by atoms with Crippen molar-refractivity contribution in [2.75, 3.05) is 0 Å². The van der Waals surface area contributed by atoms with Crippen LogP contribution in [0.2, 0.25) is 0 Å². The zero-order chi connectivity index (χ0) is 11.5. The van der Waals surface area contributed by atoms with Gasteiger partial charge >= 0.3 is 0 Å². The molecule has 2 aromatic rings. The number of nitrogens with one attached hydrogen (secondary N) is 1. The zero-order valence-corrected chi connectivity index (χ0v) is 8.93. The van der Waals surface area contributed by atoms with Crippen molar-refractivity contribution in [3.8, 4) is 0 Å². The minimum absolute atomic E-state index is 0.167. The summed E-state index contributed by atoms with van der Waals surface area (Å²) in [4.78, 5) is 4.26. The van der Waals surface area contributed by atoms with E-state index in [9.17, 15) is 0 Å². The van der Waals surface area contributed by atoms with Crippen LogP contribution in [0.3, 0.4) is 0 Å². The summed E-state index contributed by atoms with van der Waals surface area (Å²) in [6, 6.07) is 7.83. The lowest BCUT2D eigenvalue weighted by molar-refractivity contribution is 0.504. The number of para-hydroxylation sites is 2. The van der Waals surface area contributed by atoms with E-state index in [1.165, 1.54) is 0 Å². The molecule has 2 rings (SSSR count). The lowest BCUT2D eigenvalue weighted by atomic mass is 10.2. The van der Waals surface area contributed by atoms with Gasteiger partial charge in [0, 0.05) is 6.42 Å². The van der Waals surface area contributed by atoms with Gasteiger partial charge in [0.15, 0.2) is 0 Å². The molecule has 16 heavy (non-hydrogen) atoms. The Labute approximate surface area is 93.6 Å². The molecule has 5 heteroatoms. The molecule has 0 fully saturated rings. The second kappa shape index (κ2) is 4.32. The summed E-state index contributed by atoms with van der Waals surface area (Å²) < 4.78 is 1.91. The molecule has 1 aromatic heterocycles.